The van der Waals surface area contributed by atoms with Crippen LogP contribution in [-0.4, -0.2) is 27.2 Å². The summed E-state index contributed by atoms with van der Waals surface area (Å²) in [5.41, 5.74) is 1.98. The smallest absolute Gasteiger partial charge is 0.478 e. The molecule has 0 radical (unpaired) electrons. The molecule has 1 heterocycles. The summed E-state index contributed by atoms with van der Waals surface area (Å²) in [6.07, 6.45) is -3.24. The number of rotatable bonds is 7. The van der Waals surface area contributed by atoms with E-state index in [1.165, 1.54) is 53.2 Å². The topological polar surface area (TPSA) is 76.4 Å². The highest BCUT2D eigenvalue weighted by molar-refractivity contribution is 5.87. The lowest BCUT2D eigenvalue weighted by molar-refractivity contribution is -0.274. The Hall–Kier alpha value is -4.41. The van der Waals surface area contributed by atoms with Crippen LogP contribution in [0.5, 0.6) is 5.75 Å². The van der Waals surface area contributed by atoms with Crippen LogP contribution in [0.2, 0.25) is 0 Å². The van der Waals surface area contributed by atoms with E-state index in [1.807, 2.05) is 0 Å². The number of carboxylic acid groups (broad SMARTS) is 1. The predicted octanol–water partition coefficient (Wildman–Crippen LogP) is 6.03. The van der Waals surface area contributed by atoms with Crippen molar-refractivity contribution >= 4 is 11.7 Å². The maximum atomic E-state index is 13.9. The molecule has 180 valence electrons. The number of hydrogen-bond acceptors (Lipinski definition) is 4. The van der Waals surface area contributed by atoms with Gasteiger partial charge in [0.05, 0.1) is 16.9 Å². The third-order valence-electron chi connectivity index (χ3n) is 4.91. The lowest BCUT2D eigenvalue weighted by atomic mass is 10.1. The summed E-state index contributed by atoms with van der Waals surface area (Å²) in [6, 6.07) is 14.4. The summed E-state index contributed by atoms with van der Waals surface area (Å²) < 4.78 is 70.3. The molecule has 0 bridgehead atoms. The first kappa shape index (κ1) is 23.7. The van der Waals surface area contributed by atoms with Gasteiger partial charge in [-0.1, -0.05) is 6.07 Å². The zero-order valence-electron chi connectivity index (χ0n) is 17.7. The minimum atomic E-state index is -4.84. The van der Waals surface area contributed by atoms with Gasteiger partial charge >= 0.3 is 12.3 Å². The molecule has 0 unspecified atom stereocenters. The third kappa shape index (κ3) is 5.75. The fourth-order valence-corrected chi connectivity index (χ4v) is 3.31. The number of nitrogens with one attached hydrogen (secondary N) is 1. The van der Waals surface area contributed by atoms with Gasteiger partial charge in [0.2, 0.25) is 0 Å². The molecule has 0 amide bonds. The van der Waals surface area contributed by atoms with Crippen LogP contribution >= 0.6 is 0 Å². The van der Waals surface area contributed by atoms with Crippen LogP contribution in [0.1, 0.15) is 15.9 Å². The van der Waals surface area contributed by atoms with Gasteiger partial charge in [0.1, 0.15) is 5.75 Å². The molecular weight excluding hydrogens is 473 g/mol. The molecule has 0 aliphatic heterocycles. The van der Waals surface area contributed by atoms with Crippen molar-refractivity contribution in [2.24, 2.45) is 0 Å². The van der Waals surface area contributed by atoms with Crippen molar-refractivity contribution in [1.29, 1.82) is 0 Å². The number of aromatic nitrogens is 2. The van der Waals surface area contributed by atoms with Crippen LogP contribution in [0.15, 0.2) is 72.9 Å². The van der Waals surface area contributed by atoms with Crippen molar-refractivity contribution in [2.45, 2.75) is 12.9 Å². The molecule has 0 aliphatic rings. The zero-order chi connectivity index (χ0) is 25.2. The number of carbonyl (C=O) groups is 1. The van der Waals surface area contributed by atoms with Gasteiger partial charge in [-0.15, -0.1) is 13.2 Å². The Balaban J connectivity index is 1.66. The fourth-order valence-electron chi connectivity index (χ4n) is 3.31. The maximum absolute atomic E-state index is 13.9. The van der Waals surface area contributed by atoms with E-state index in [9.17, 15) is 26.7 Å². The first-order chi connectivity index (χ1) is 16.6. The summed E-state index contributed by atoms with van der Waals surface area (Å²) in [7, 11) is 0. The van der Waals surface area contributed by atoms with Crippen LogP contribution in [0.25, 0.3) is 16.9 Å². The van der Waals surface area contributed by atoms with Crippen molar-refractivity contribution < 1.29 is 36.6 Å². The van der Waals surface area contributed by atoms with Crippen molar-refractivity contribution in [3.8, 4) is 22.7 Å². The first-order valence-electron chi connectivity index (χ1n) is 10.1. The number of aromatic carboxylic acids is 1. The van der Waals surface area contributed by atoms with Crippen LogP contribution in [0.3, 0.4) is 0 Å². The van der Waals surface area contributed by atoms with E-state index in [-0.39, 0.29) is 17.7 Å². The Morgan fingerprint density at radius 1 is 1.00 bits per heavy atom. The Morgan fingerprint density at radius 3 is 2.40 bits per heavy atom. The SMILES string of the molecule is O=C(O)c1ccc(-n2cc(CNc3cccc(OC(F)(F)F)c3)c(-c3ccc(F)c(F)c3)n2)cc1. The van der Waals surface area contributed by atoms with Gasteiger partial charge in [0.15, 0.2) is 11.6 Å². The van der Waals surface area contributed by atoms with E-state index in [2.05, 4.69) is 15.2 Å². The molecule has 1 aromatic heterocycles. The average molecular weight is 489 g/mol. The van der Waals surface area contributed by atoms with Gasteiger partial charge in [-0.3, -0.25) is 0 Å². The van der Waals surface area contributed by atoms with Crippen molar-refractivity contribution in [1.82, 2.24) is 9.78 Å². The van der Waals surface area contributed by atoms with Crippen LogP contribution in [0.4, 0.5) is 27.6 Å². The molecule has 0 saturated carbocycles. The number of carboxylic acids is 1. The van der Waals surface area contributed by atoms with Crippen LogP contribution in [-0.2, 0) is 6.54 Å². The monoisotopic (exact) mass is 489 g/mol. The van der Waals surface area contributed by atoms with E-state index >= 15 is 0 Å². The van der Waals surface area contributed by atoms with E-state index in [4.69, 9.17) is 5.11 Å². The molecule has 6 nitrogen and oxygen atoms in total. The molecule has 0 atom stereocenters. The van der Waals surface area contributed by atoms with Crippen molar-refractivity contribution in [3.63, 3.8) is 0 Å². The van der Waals surface area contributed by atoms with Gasteiger partial charge in [-0.2, -0.15) is 5.10 Å². The minimum absolute atomic E-state index is 0.0665. The summed E-state index contributed by atoms with van der Waals surface area (Å²) >= 11 is 0. The summed E-state index contributed by atoms with van der Waals surface area (Å²) in [4.78, 5) is 11.1. The Bertz CT molecular complexity index is 1370. The lowest BCUT2D eigenvalue weighted by Crippen LogP contribution is -2.17. The summed E-state index contributed by atoms with van der Waals surface area (Å²) in [5.74, 6) is -3.60. The molecule has 0 spiro atoms. The number of anilines is 1. The molecule has 2 N–H and O–H groups in total. The van der Waals surface area contributed by atoms with E-state index in [0.29, 0.717) is 22.6 Å². The zero-order valence-corrected chi connectivity index (χ0v) is 17.7. The number of hydrogen-bond donors (Lipinski definition) is 2. The van der Waals surface area contributed by atoms with Crippen molar-refractivity contribution in [3.05, 3.63) is 95.7 Å². The van der Waals surface area contributed by atoms with Crippen LogP contribution < -0.4 is 10.1 Å². The number of alkyl halides is 3. The average Bonchev–Trinajstić information content (AvgIpc) is 3.23. The van der Waals surface area contributed by atoms with Gasteiger partial charge < -0.3 is 15.2 Å². The predicted molar refractivity (Wildman–Crippen MR) is 116 cm³/mol. The standard InChI is InChI=1S/C24H16F5N3O3/c25-20-9-6-15(10-21(20)26)22-16(12-30-17-2-1-3-19(11-17)35-24(27,28)29)13-32(31-22)18-7-4-14(5-8-18)23(33)34/h1-11,13,30H,12H2,(H,33,34). The van der Waals surface area contributed by atoms with E-state index < -0.39 is 29.7 Å². The van der Waals surface area contributed by atoms with E-state index in [0.717, 1.165) is 18.2 Å². The molecular formula is C24H16F5N3O3. The van der Waals surface area contributed by atoms with Gasteiger partial charge in [0, 0.05) is 35.6 Å². The first-order valence-corrected chi connectivity index (χ1v) is 10.1. The van der Waals surface area contributed by atoms with Gasteiger partial charge in [-0.25, -0.2) is 18.3 Å². The molecule has 4 rings (SSSR count). The molecule has 3 aromatic carbocycles. The molecule has 0 aliphatic carbocycles. The van der Waals surface area contributed by atoms with E-state index in [1.54, 1.807) is 6.20 Å². The quantitative estimate of drug-likeness (QED) is 0.310. The van der Waals surface area contributed by atoms with Gasteiger partial charge in [-0.05, 0) is 54.6 Å². The Labute approximate surface area is 195 Å². The second kappa shape index (κ2) is 9.45. The lowest BCUT2D eigenvalue weighted by Gasteiger charge is -2.11. The number of halogens is 5. The highest BCUT2D eigenvalue weighted by Crippen LogP contribution is 2.28. The molecule has 35 heavy (non-hydrogen) atoms. The number of ether oxygens (including phenoxy) is 1. The molecule has 0 saturated heterocycles. The second-order valence-electron chi connectivity index (χ2n) is 7.36. The Kier molecular flexibility index (Phi) is 6.41. The molecule has 4 aromatic rings. The summed E-state index contributed by atoms with van der Waals surface area (Å²) in [6.45, 7) is 0.0665. The maximum Gasteiger partial charge on any atom is 0.573 e. The second-order valence-corrected chi connectivity index (χ2v) is 7.36. The molecule has 0 fully saturated rings. The number of nitrogens with zero attached hydrogens (tertiary/aromatic N) is 2. The summed E-state index contributed by atoms with van der Waals surface area (Å²) in [5, 5.41) is 16.5. The highest BCUT2D eigenvalue weighted by atomic mass is 19.4. The number of benzene rings is 3. The minimum Gasteiger partial charge on any atom is -0.478 e. The largest absolute Gasteiger partial charge is 0.573 e. The third-order valence-corrected chi connectivity index (χ3v) is 4.91. The normalized spacial score (nSPS) is 11.3. The fraction of sp³-hybridized carbons (Fsp3) is 0.0833. The highest BCUT2D eigenvalue weighted by Gasteiger charge is 2.31. The molecule has 11 heteroatoms. The van der Waals surface area contributed by atoms with Gasteiger partial charge in [0.25, 0.3) is 0 Å². The van der Waals surface area contributed by atoms with Crippen LogP contribution in [0, 0.1) is 11.6 Å². The van der Waals surface area contributed by atoms with Crippen molar-refractivity contribution in [2.75, 3.05) is 5.32 Å². The Morgan fingerprint density at radius 2 is 1.74 bits per heavy atom.